The summed E-state index contributed by atoms with van der Waals surface area (Å²) in [6.45, 7) is 4.74. The highest BCUT2D eigenvalue weighted by Crippen LogP contribution is 2.33. The quantitative estimate of drug-likeness (QED) is 0.820. The molecule has 74 valence electrons. The number of anilines is 1. The van der Waals surface area contributed by atoms with Gasteiger partial charge in [-0.3, -0.25) is 0 Å². The van der Waals surface area contributed by atoms with Crippen molar-refractivity contribution in [3.63, 3.8) is 0 Å². The number of nitrogens with two attached hydrogens (primary N) is 1. The lowest BCUT2D eigenvalue weighted by Gasteiger charge is -2.06. The van der Waals surface area contributed by atoms with Gasteiger partial charge < -0.3 is 10.5 Å². The van der Waals surface area contributed by atoms with Gasteiger partial charge in [0, 0.05) is 15.5 Å². The number of hydrogen-bond donors (Lipinski definition) is 1. The topological polar surface area (TPSA) is 35.2 Å². The van der Waals surface area contributed by atoms with Crippen LogP contribution >= 0.6 is 11.3 Å². The molecule has 1 aromatic carbocycles. The largest absolute Gasteiger partial charge is 0.494 e. The lowest BCUT2D eigenvalue weighted by Crippen LogP contribution is -1.93. The molecular weight excluding hydrogens is 194 g/mol. The van der Waals surface area contributed by atoms with Gasteiger partial charge in [-0.15, -0.1) is 11.3 Å². The molecule has 0 amide bonds. The van der Waals surface area contributed by atoms with Crippen LogP contribution in [0.5, 0.6) is 5.75 Å². The second-order valence-electron chi connectivity index (χ2n) is 3.24. The smallest absolute Gasteiger partial charge is 0.123 e. The number of nitrogen functional groups attached to an aromatic ring is 1. The van der Waals surface area contributed by atoms with Crippen molar-refractivity contribution in [1.82, 2.24) is 0 Å². The first kappa shape index (κ1) is 9.34. The third kappa shape index (κ3) is 1.44. The van der Waals surface area contributed by atoms with Crippen LogP contribution in [0.25, 0.3) is 10.1 Å². The number of hydrogen-bond acceptors (Lipinski definition) is 3. The van der Waals surface area contributed by atoms with Crippen molar-refractivity contribution in [2.75, 3.05) is 12.3 Å². The van der Waals surface area contributed by atoms with Crippen LogP contribution in [0.15, 0.2) is 17.5 Å². The minimum Gasteiger partial charge on any atom is -0.494 e. The first-order valence-corrected chi connectivity index (χ1v) is 5.50. The number of benzene rings is 1. The van der Waals surface area contributed by atoms with Crippen molar-refractivity contribution in [2.45, 2.75) is 13.8 Å². The molecule has 0 atom stereocenters. The van der Waals surface area contributed by atoms with Crippen LogP contribution in [-0.2, 0) is 0 Å². The van der Waals surface area contributed by atoms with Gasteiger partial charge in [0.2, 0.25) is 0 Å². The second kappa shape index (κ2) is 3.50. The van der Waals surface area contributed by atoms with Crippen LogP contribution < -0.4 is 10.5 Å². The standard InChI is InChI=1S/C11H13NOS/c1-3-13-10-5-11-8(4-7(10)2)9(12)6-14-11/h4-6H,3,12H2,1-2H3. The van der Waals surface area contributed by atoms with Crippen LogP contribution in [-0.4, -0.2) is 6.61 Å². The Bertz CT molecular complexity index is 462. The molecule has 14 heavy (non-hydrogen) atoms. The maximum Gasteiger partial charge on any atom is 0.123 e. The summed E-state index contributed by atoms with van der Waals surface area (Å²) >= 11 is 1.66. The van der Waals surface area contributed by atoms with Gasteiger partial charge in [-0.25, -0.2) is 0 Å². The highest BCUT2D eigenvalue weighted by Gasteiger charge is 2.05. The molecule has 0 spiro atoms. The van der Waals surface area contributed by atoms with Crippen LogP contribution in [0.4, 0.5) is 5.69 Å². The normalized spacial score (nSPS) is 10.7. The Morgan fingerprint density at radius 3 is 2.93 bits per heavy atom. The fourth-order valence-corrected chi connectivity index (χ4v) is 2.35. The van der Waals surface area contributed by atoms with E-state index in [9.17, 15) is 0 Å². The highest BCUT2D eigenvalue weighted by atomic mass is 32.1. The van der Waals surface area contributed by atoms with Gasteiger partial charge in [0.05, 0.1) is 12.3 Å². The maximum atomic E-state index is 5.84. The monoisotopic (exact) mass is 207 g/mol. The maximum absolute atomic E-state index is 5.84. The SMILES string of the molecule is CCOc1cc2scc(N)c2cc1C. The Kier molecular flexibility index (Phi) is 2.33. The van der Waals surface area contributed by atoms with Gasteiger partial charge in [-0.05, 0) is 31.5 Å². The molecule has 0 radical (unpaired) electrons. The summed E-state index contributed by atoms with van der Waals surface area (Å²) in [6.07, 6.45) is 0. The van der Waals surface area contributed by atoms with E-state index >= 15 is 0 Å². The van der Waals surface area contributed by atoms with Gasteiger partial charge in [-0.1, -0.05) is 0 Å². The zero-order chi connectivity index (χ0) is 10.1. The fourth-order valence-electron chi connectivity index (χ4n) is 1.49. The van der Waals surface area contributed by atoms with Crippen molar-refractivity contribution in [1.29, 1.82) is 0 Å². The van der Waals surface area contributed by atoms with Crippen molar-refractivity contribution in [2.24, 2.45) is 0 Å². The molecule has 2 aromatic rings. The summed E-state index contributed by atoms with van der Waals surface area (Å²) in [6, 6.07) is 4.15. The van der Waals surface area contributed by atoms with Gasteiger partial charge >= 0.3 is 0 Å². The molecule has 0 unspecified atom stereocenters. The van der Waals surface area contributed by atoms with Crippen LogP contribution in [0.1, 0.15) is 12.5 Å². The molecule has 1 aromatic heterocycles. The third-order valence-corrected chi connectivity index (χ3v) is 3.16. The van der Waals surface area contributed by atoms with Crippen LogP contribution in [0.2, 0.25) is 0 Å². The van der Waals surface area contributed by atoms with E-state index < -0.39 is 0 Å². The first-order valence-electron chi connectivity index (χ1n) is 4.62. The predicted octanol–water partition coefficient (Wildman–Crippen LogP) is 3.19. The van der Waals surface area contributed by atoms with Crippen molar-refractivity contribution >= 4 is 27.1 Å². The molecule has 2 rings (SSSR count). The highest BCUT2D eigenvalue weighted by molar-refractivity contribution is 7.17. The summed E-state index contributed by atoms with van der Waals surface area (Å²) in [7, 11) is 0. The molecule has 0 aliphatic carbocycles. The molecule has 0 aliphatic heterocycles. The summed E-state index contributed by atoms with van der Waals surface area (Å²) in [4.78, 5) is 0. The minimum absolute atomic E-state index is 0.702. The Labute approximate surface area is 87.3 Å². The summed E-state index contributed by atoms with van der Waals surface area (Å²) in [5.74, 6) is 0.960. The molecular formula is C11H13NOS. The number of thiophene rings is 1. The Balaban J connectivity index is 2.60. The van der Waals surface area contributed by atoms with Crippen molar-refractivity contribution < 1.29 is 4.74 Å². The number of rotatable bonds is 2. The van der Waals surface area contributed by atoms with Gasteiger partial charge in [0.15, 0.2) is 0 Å². The Morgan fingerprint density at radius 1 is 1.43 bits per heavy atom. The lowest BCUT2D eigenvalue weighted by atomic mass is 10.1. The van der Waals surface area contributed by atoms with Gasteiger partial charge in [0.1, 0.15) is 5.75 Å². The minimum atomic E-state index is 0.702. The van der Waals surface area contributed by atoms with E-state index in [0.717, 1.165) is 22.4 Å². The predicted molar refractivity (Wildman–Crippen MR) is 62.1 cm³/mol. The summed E-state index contributed by atoms with van der Waals surface area (Å²) in [5.41, 5.74) is 7.84. The molecule has 3 heteroatoms. The van der Waals surface area contributed by atoms with E-state index in [-0.39, 0.29) is 0 Å². The molecule has 0 bridgehead atoms. The number of ether oxygens (including phenoxy) is 1. The fraction of sp³-hybridized carbons (Fsp3) is 0.273. The van der Waals surface area contributed by atoms with E-state index in [1.807, 2.05) is 19.2 Å². The first-order chi connectivity index (χ1) is 6.72. The average molecular weight is 207 g/mol. The zero-order valence-electron chi connectivity index (χ0n) is 8.33. The molecule has 0 saturated heterocycles. The van der Waals surface area contributed by atoms with Gasteiger partial charge in [-0.2, -0.15) is 0 Å². The Morgan fingerprint density at radius 2 is 2.21 bits per heavy atom. The Hall–Kier alpha value is -1.22. The van der Waals surface area contributed by atoms with Crippen LogP contribution in [0.3, 0.4) is 0 Å². The van der Waals surface area contributed by atoms with Crippen LogP contribution in [0, 0.1) is 6.92 Å². The van der Waals surface area contributed by atoms with E-state index in [2.05, 4.69) is 12.1 Å². The molecule has 0 saturated carbocycles. The summed E-state index contributed by atoms with van der Waals surface area (Å²) < 4.78 is 6.71. The molecule has 0 aliphatic rings. The van der Waals surface area contributed by atoms with Gasteiger partial charge in [0.25, 0.3) is 0 Å². The van der Waals surface area contributed by atoms with E-state index in [1.165, 1.54) is 4.70 Å². The number of aryl methyl sites for hydroxylation is 1. The molecule has 2 N–H and O–H groups in total. The zero-order valence-corrected chi connectivity index (χ0v) is 9.15. The molecule has 0 fully saturated rings. The average Bonchev–Trinajstić information content (AvgIpc) is 2.50. The second-order valence-corrected chi connectivity index (χ2v) is 4.15. The van der Waals surface area contributed by atoms with E-state index in [4.69, 9.17) is 10.5 Å². The number of fused-ring (bicyclic) bond motifs is 1. The molecule has 1 heterocycles. The third-order valence-electron chi connectivity index (χ3n) is 2.20. The summed E-state index contributed by atoms with van der Waals surface area (Å²) in [5, 5.41) is 3.11. The van der Waals surface area contributed by atoms with Crippen molar-refractivity contribution in [3.8, 4) is 5.75 Å². The van der Waals surface area contributed by atoms with Crippen molar-refractivity contribution in [3.05, 3.63) is 23.1 Å². The molecule has 2 nitrogen and oxygen atoms in total. The lowest BCUT2D eigenvalue weighted by molar-refractivity contribution is 0.338. The van der Waals surface area contributed by atoms with E-state index in [0.29, 0.717) is 6.61 Å². The van der Waals surface area contributed by atoms with E-state index in [1.54, 1.807) is 11.3 Å².